The van der Waals surface area contributed by atoms with Crippen LogP contribution in [0.4, 0.5) is 0 Å². The van der Waals surface area contributed by atoms with Crippen molar-refractivity contribution in [2.24, 2.45) is 0 Å². The monoisotopic (exact) mass is 321 g/mol. The molecule has 0 bridgehead atoms. The van der Waals surface area contributed by atoms with Gasteiger partial charge in [-0.1, -0.05) is 35.9 Å². The maximum Gasteiger partial charge on any atom is 0.262 e. The van der Waals surface area contributed by atoms with Gasteiger partial charge in [0.05, 0.1) is 5.39 Å². The fourth-order valence-electron chi connectivity index (χ4n) is 2.47. The number of aromatic nitrogens is 3. The zero-order valence-corrected chi connectivity index (χ0v) is 13.3. The van der Waals surface area contributed by atoms with E-state index in [0.29, 0.717) is 23.2 Å². The van der Waals surface area contributed by atoms with Crippen molar-refractivity contribution in [2.45, 2.75) is 20.5 Å². The lowest BCUT2D eigenvalue weighted by molar-refractivity contribution is 0.239. The number of benzene rings is 2. The Morgan fingerprint density at radius 3 is 2.50 bits per heavy atom. The van der Waals surface area contributed by atoms with Crippen LogP contribution < -0.4 is 4.74 Å². The fourth-order valence-corrected chi connectivity index (χ4v) is 2.47. The van der Waals surface area contributed by atoms with Crippen molar-refractivity contribution >= 4 is 11.0 Å². The minimum Gasteiger partial charge on any atom is -0.465 e. The topological polar surface area (TPSA) is 74.2 Å². The summed E-state index contributed by atoms with van der Waals surface area (Å²) in [4.78, 5) is 0. The summed E-state index contributed by atoms with van der Waals surface area (Å²) in [6, 6.07) is 14.2. The SMILES string of the molecule is Cc1ccc(-c2ccc3onc(OCc4nnc(C)o4)c3c2)cc1. The molecule has 6 heteroatoms. The van der Waals surface area contributed by atoms with Gasteiger partial charge in [-0.25, -0.2) is 0 Å². The van der Waals surface area contributed by atoms with Crippen LogP contribution in [0, 0.1) is 13.8 Å². The summed E-state index contributed by atoms with van der Waals surface area (Å²) in [7, 11) is 0. The van der Waals surface area contributed by atoms with E-state index in [4.69, 9.17) is 13.7 Å². The summed E-state index contributed by atoms with van der Waals surface area (Å²) in [5.74, 6) is 1.31. The molecule has 0 radical (unpaired) electrons. The summed E-state index contributed by atoms with van der Waals surface area (Å²) in [5, 5.41) is 12.5. The van der Waals surface area contributed by atoms with Crippen LogP contribution in [-0.2, 0) is 6.61 Å². The number of fused-ring (bicyclic) bond motifs is 1. The Balaban J connectivity index is 1.64. The van der Waals surface area contributed by atoms with Crippen molar-refractivity contribution in [3.05, 3.63) is 59.8 Å². The summed E-state index contributed by atoms with van der Waals surface area (Å²) >= 11 is 0. The zero-order valence-electron chi connectivity index (χ0n) is 13.3. The third-order valence-electron chi connectivity index (χ3n) is 3.72. The first-order valence-corrected chi connectivity index (χ1v) is 7.57. The number of hydrogen-bond donors (Lipinski definition) is 0. The van der Waals surface area contributed by atoms with E-state index in [-0.39, 0.29) is 6.61 Å². The normalized spacial score (nSPS) is 11.1. The largest absolute Gasteiger partial charge is 0.465 e. The second-order valence-corrected chi connectivity index (χ2v) is 5.57. The number of aryl methyl sites for hydroxylation is 2. The van der Waals surface area contributed by atoms with Crippen LogP contribution in [-0.4, -0.2) is 15.4 Å². The number of rotatable bonds is 4. The maximum absolute atomic E-state index is 5.67. The molecule has 4 aromatic rings. The number of ether oxygens (including phenoxy) is 1. The molecule has 0 fully saturated rings. The molecule has 0 saturated carbocycles. The van der Waals surface area contributed by atoms with Gasteiger partial charge in [-0.05, 0) is 35.3 Å². The predicted molar refractivity (Wildman–Crippen MR) is 87.5 cm³/mol. The van der Waals surface area contributed by atoms with Crippen LogP contribution in [0.3, 0.4) is 0 Å². The van der Waals surface area contributed by atoms with Gasteiger partial charge in [0.1, 0.15) is 0 Å². The molecule has 0 spiro atoms. The smallest absolute Gasteiger partial charge is 0.262 e. The van der Waals surface area contributed by atoms with Crippen molar-refractivity contribution in [1.29, 1.82) is 0 Å². The average Bonchev–Trinajstić information content (AvgIpc) is 3.19. The lowest BCUT2D eigenvalue weighted by Gasteiger charge is -2.03. The van der Waals surface area contributed by atoms with Gasteiger partial charge in [0, 0.05) is 6.92 Å². The Morgan fingerprint density at radius 2 is 1.75 bits per heavy atom. The third kappa shape index (κ3) is 2.74. The quantitative estimate of drug-likeness (QED) is 0.564. The van der Waals surface area contributed by atoms with E-state index in [1.807, 2.05) is 18.2 Å². The molecule has 24 heavy (non-hydrogen) atoms. The molecule has 0 atom stereocenters. The van der Waals surface area contributed by atoms with Gasteiger partial charge in [-0.15, -0.1) is 10.2 Å². The van der Waals surface area contributed by atoms with Crippen LogP contribution >= 0.6 is 0 Å². The number of hydrogen-bond acceptors (Lipinski definition) is 6. The first-order valence-electron chi connectivity index (χ1n) is 7.57. The standard InChI is InChI=1S/C18H15N3O3/c1-11-3-5-13(6-4-11)14-7-8-16-15(9-14)18(21-24-16)22-10-17-20-19-12(2)23-17/h3-9H,10H2,1-2H3. The van der Waals surface area contributed by atoms with Gasteiger partial charge in [-0.3, -0.25) is 0 Å². The lowest BCUT2D eigenvalue weighted by Crippen LogP contribution is -1.96. The van der Waals surface area contributed by atoms with Crippen LogP contribution in [0.15, 0.2) is 51.4 Å². The molecule has 6 nitrogen and oxygen atoms in total. The Hall–Kier alpha value is -3.15. The second-order valence-electron chi connectivity index (χ2n) is 5.57. The molecule has 2 aromatic carbocycles. The average molecular weight is 321 g/mol. The third-order valence-corrected chi connectivity index (χ3v) is 3.72. The van der Waals surface area contributed by atoms with E-state index in [0.717, 1.165) is 16.5 Å². The Morgan fingerprint density at radius 1 is 0.958 bits per heavy atom. The van der Waals surface area contributed by atoms with Gasteiger partial charge < -0.3 is 13.7 Å². The molecule has 2 heterocycles. The Bertz CT molecular complexity index is 986. The van der Waals surface area contributed by atoms with Crippen molar-refractivity contribution in [2.75, 3.05) is 0 Å². The van der Waals surface area contributed by atoms with Crippen molar-refractivity contribution in [1.82, 2.24) is 15.4 Å². The molecule has 0 aliphatic rings. The van der Waals surface area contributed by atoms with E-state index < -0.39 is 0 Å². The molecule has 0 N–H and O–H groups in total. The minimum absolute atomic E-state index is 0.150. The summed E-state index contributed by atoms with van der Waals surface area (Å²) < 4.78 is 16.3. The minimum atomic E-state index is 0.150. The fraction of sp³-hybridized carbons (Fsp3) is 0.167. The molecule has 2 aromatic heterocycles. The first-order chi connectivity index (χ1) is 11.7. The predicted octanol–water partition coefficient (Wildman–Crippen LogP) is 4.07. The van der Waals surface area contributed by atoms with Crippen LogP contribution in [0.2, 0.25) is 0 Å². The molecular formula is C18H15N3O3. The first kappa shape index (κ1) is 14.4. The molecule has 0 aliphatic heterocycles. The van der Waals surface area contributed by atoms with E-state index in [1.165, 1.54) is 5.56 Å². The molecule has 0 amide bonds. The van der Waals surface area contributed by atoms with Crippen LogP contribution in [0.25, 0.3) is 22.1 Å². The number of nitrogens with zero attached hydrogens (tertiary/aromatic N) is 3. The van der Waals surface area contributed by atoms with Gasteiger partial charge in [0.15, 0.2) is 12.2 Å². The summed E-state index contributed by atoms with van der Waals surface area (Å²) in [5.41, 5.74) is 4.10. The van der Waals surface area contributed by atoms with Gasteiger partial charge >= 0.3 is 0 Å². The highest BCUT2D eigenvalue weighted by atomic mass is 16.5. The second kappa shape index (κ2) is 5.81. The van der Waals surface area contributed by atoms with E-state index in [9.17, 15) is 0 Å². The summed E-state index contributed by atoms with van der Waals surface area (Å²) in [6.45, 7) is 3.95. The van der Waals surface area contributed by atoms with Crippen LogP contribution in [0.5, 0.6) is 5.88 Å². The molecule has 4 rings (SSSR count). The van der Waals surface area contributed by atoms with E-state index in [1.54, 1.807) is 6.92 Å². The Kier molecular flexibility index (Phi) is 3.49. The molecule has 0 unspecified atom stereocenters. The molecule has 0 aliphatic carbocycles. The van der Waals surface area contributed by atoms with Crippen molar-refractivity contribution < 1.29 is 13.7 Å². The van der Waals surface area contributed by atoms with Gasteiger partial charge in [0.25, 0.3) is 11.8 Å². The highest BCUT2D eigenvalue weighted by Gasteiger charge is 2.12. The maximum atomic E-state index is 5.67. The van der Waals surface area contributed by atoms with E-state index in [2.05, 4.69) is 46.5 Å². The molecule has 120 valence electrons. The molecular weight excluding hydrogens is 306 g/mol. The van der Waals surface area contributed by atoms with Crippen molar-refractivity contribution in [3.8, 4) is 17.0 Å². The van der Waals surface area contributed by atoms with Gasteiger partial charge in [-0.2, -0.15) is 0 Å². The zero-order chi connectivity index (χ0) is 16.5. The molecule has 0 saturated heterocycles. The lowest BCUT2D eigenvalue weighted by atomic mass is 10.0. The van der Waals surface area contributed by atoms with Crippen LogP contribution in [0.1, 0.15) is 17.3 Å². The Labute approximate surface area is 138 Å². The summed E-state index contributed by atoms with van der Waals surface area (Å²) in [6.07, 6.45) is 0. The highest BCUT2D eigenvalue weighted by Crippen LogP contribution is 2.30. The van der Waals surface area contributed by atoms with Gasteiger partial charge in [0.2, 0.25) is 5.89 Å². The van der Waals surface area contributed by atoms with E-state index >= 15 is 0 Å². The highest BCUT2D eigenvalue weighted by molar-refractivity contribution is 5.87. The van der Waals surface area contributed by atoms with Crippen molar-refractivity contribution in [3.63, 3.8) is 0 Å².